The first-order valence-corrected chi connectivity index (χ1v) is 8.93. The van der Waals surface area contributed by atoms with Gasteiger partial charge in [-0.3, -0.25) is 0 Å². The second-order valence-corrected chi connectivity index (χ2v) is 7.63. The number of benzene rings is 1. The molecule has 0 saturated carbocycles. The van der Waals surface area contributed by atoms with Crippen LogP contribution in [0.1, 0.15) is 43.9 Å². The lowest BCUT2D eigenvalue weighted by Crippen LogP contribution is -2.44. The quantitative estimate of drug-likeness (QED) is 0.842. The zero-order valence-corrected chi connectivity index (χ0v) is 15.0. The number of aliphatic hydroxyl groups excluding tert-OH is 1. The second-order valence-electron chi connectivity index (χ2n) is 7.63. The van der Waals surface area contributed by atoms with Crippen LogP contribution in [0, 0.1) is 30.1 Å². The van der Waals surface area contributed by atoms with Crippen LogP contribution in [0.15, 0.2) is 41.7 Å². The maximum atomic E-state index is 10.4. The first-order chi connectivity index (χ1) is 12.0. The van der Waals surface area contributed by atoms with E-state index in [9.17, 15) is 10.4 Å². The molecule has 2 aliphatic carbocycles. The Morgan fingerprint density at radius 3 is 2.72 bits per heavy atom. The molecule has 4 rings (SSSR count). The molecule has 0 amide bonds. The van der Waals surface area contributed by atoms with Gasteiger partial charge in [0.1, 0.15) is 11.6 Å². The summed E-state index contributed by atoms with van der Waals surface area (Å²) in [6.07, 6.45) is 2.53. The summed E-state index contributed by atoms with van der Waals surface area (Å²) in [4.78, 5) is 4.96. The summed E-state index contributed by atoms with van der Waals surface area (Å²) in [5, 5.41) is 19.9. The van der Waals surface area contributed by atoms with Gasteiger partial charge in [-0.2, -0.15) is 5.26 Å². The van der Waals surface area contributed by atoms with Crippen LogP contribution in [0.5, 0.6) is 0 Å². The van der Waals surface area contributed by atoms with Gasteiger partial charge in [0.25, 0.3) is 0 Å². The molecule has 0 aliphatic heterocycles. The zero-order valence-electron chi connectivity index (χ0n) is 15.0. The van der Waals surface area contributed by atoms with Crippen molar-refractivity contribution in [1.29, 1.82) is 5.26 Å². The molecule has 4 heteroatoms. The third-order valence-corrected chi connectivity index (χ3v) is 6.23. The predicted octanol–water partition coefficient (Wildman–Crippen LogP) is 4.38. The van der Waals surface area contributed by atoms with Crippen LogP contribution < -0.4 is 0 Å². The van der Waals surface area contributed by atoms with Gasteiger partial charge in [-0.05, 0) is 44.2 Å². The van der Waals surface area contributed by atoms with Crippen LogP contribution in [0.2, 0.25) is 0 Å². The molecule has 0 radical (unpaired) electrons. The number of para-hydroxylation sites is 1. The van der Waals surface area contributed by atoms with Gasteiger partial charge in [0.15, 0.2) is 0 Å². The largest absolute Gasteiger partial charge is 0.511 e. The Labute approximate surface area is 148 Å². The van der Waals surface area contributed by atoms with E-state index in [4.69, 9.17) is 4.98 Å². The van der Waals surface area contributed by atoms with Crippen LogP contribution in [-0.2, 0) is 11.8 Å². The van der Waals surface area contributed by atoms with Crippen LogP contribution in [-0.4, -0.2) is 14.7 Å². The Hall–Kier alpha value is -2.54. The Morgan fingerprint density at radius 2 is 2.04 bits per heavy atom. The van der Waals surface area contributed by atoms with E-state index >= 15 is 0 Å². The first kappa shape index (κ1) is 16.0. The van der Waals surface area contributed by atoms with Crippen LogP contribution in [0.3, 0.4) is 0 Å². The fourth-order valence-corrected chi connectivity index (χ4v) is 5.01. The Morgan fingerprint density at radius 1 is 1.32 bits per heavy atom. The van der Waals surface area contributed by atoms with Crippen molar-refractivity contribution in [2.75, 3.05) is 0 Å². The third kappa shape index (κ3) is 2.15. The Bertz CT molecular complexity index is 903. The molecule has 0 unspecified atom stereocenters. The number of aryl methyl sites for hydroxylation is 1. The van der Waals surface area contributed by atoms with Gasteiger partial charge in [0.05, 0.1) is 17.3 Å². The number of allylic oxidation sites excluding steroid dienone is 2. The summed E-state index contributed by atoms with van der Waals surface area (Å²) in [6, 6.07) is 12.6. The van der Waals surface area contributed by atoms with E-state index in [2.05, 4.69) is 36.6 Å². The van der Waals surface area contributed by atoms with E-state index in [-0.39, 0.29) is 17.1 Å². The van der Waals surface area contributed by atoms with E-state index in [0.717, 1.165) is 30.0 Å². The summed E-state index contributed by atoms with van der Waals surface area (Å²) >= 11 is 0. The molecule has 2 aromatic rings. The van der Waals surface area contributed by atoms with Crippen molar-refractivity contribution < 1.29 is 5.11 Å². The average Bonchev–Trinajstić information content (AvgIpc) is 2.96. The molecule has 0 fully saturated rings. The van der Waals surface area contributed by atoms with Gasteiger partial charge < -0.3 is 9.67 Å². The fraction of sp³-hybridized carbons (Fsp3) is 0.429. The Balaban J connectivity index is 1.90. The summed E-state index contributed by atoms with van der Waals surface area (Å²) in [7, 11) is 0. The highest BCUT2D eigenvalue weighted by Crippen LogP contribution is 2.53. The molecule has 2 aliphatic rings. The topological polar surface area (TPSA) is 61.8 Å². The number of nitriles is 1. The summed E-state index contributed by atoms with van der Waals surface area (Å²) < 4.78 is 2.26. The van der Waals surface area contributed by atoms with Gasteiger partial charge in [-0.15, -0.1) is 0 Å². The lowest BCUT2D eigenvalue weighted by molar-refractivity contribution is 0.135. The normalized spacial score (nSPS) is 28.2. The minimum atomic E-state index is -0.199. The van der Waals surface area contributed by atoms with Crippen molar-refractivity contribution in [2.45, 2.75) is 45.4 Å². The summed E-state index contributed by atoms with van der Waals surface area (Å²) in [5.74, 6) is 1.59. The highest BCUT2D eigenvalue weighted by Gasteiger charge is 2.50. The molecule has 3 atom stereocenters. The van der Waals surface area contributed by atoms with Crippen LogP contribution in [0.4, 0.5) is 0 Å². The van der Waals surface area contributed by atoms with Crippen molar-refractivity contribution in [3.05, 3.63) is 58.9 Å². The maximum Gasteiger partial charge on any atom is 0.110 e. The highest BCUT2D eigenvalue weighted by atomic mass is 16.3. The molecule has 25 heavy (non-hydrogen) atoms. The van der Waals surface area contributed by atoms with Gasteiger partial charge in [0, 0.05) is 22.7 Å². The van der Waals surface area contributed by atoms with Crippen LogP contribution in [0.25, 0.3) is 5.69 Å². The standard InChI is InChI=1S/C21H23N3O/c1-13-17-9-10-18-20(21(17,3)11-15(12-22)19(13)25)23-14(2)24(18)16-7-5-4-6-8-16/h4-8,13,17,25H,9-11H2,1-3H3/t13-,17-,21-/m0/s1. The zero-order chi connectivity index (χ0) is 17.8. The molecule has 0 bridgehead atoms. The van der Waals surface area contributed by atoms with Crippen molar-refractivity contribution in [3.63, 3.8) is 0 Å². The Kier molecular flexibility index (Phi) is 3.50. The van der Waals surface area contributed by atoms with Gasteiger partial charge >= 0.3 is 0 Å². The van der Waals surface area contributed by atoms with Crippen molar-refractivity contribution in [2.24, 2.45) is 11.8 Å². The van der Waals surface area contributed by atoms with Crippen LogP contribution >= 0.6 is 0 Å². The van der Waals surface area contributed by atoms with Gasteiger partial charge in [-0.1, -0.05) is 32.0 Å². The molecule has 0 saturated heterocycles. The minimum Gasteiger partial charge on any atom is -0.511 e. The van der Waals surface area contributed by atoms with E-state index in [1.165, 1.54) is 5.69 Å². The summed E-state index contributed by atoms with van der Waals surface area (Å²) in [5.41, 5.74) is 3.82. The number of hydrogen-bond acceptors (Lipinski definition) is 3. The van der Waals surface area contributed by atoms with E-state index in [0.29, 0.717) is 17.9 Å². The number of aromatic nitrogens is 2. The maximum absolute atomic E-state index is 10.4. The third-order valence-electron chi connectivity index (χ3n) is 6.23. The fourth-order valence-electron chi connectivity index (χ4n) is 5.01. The second kappa shape index (κ2) is 5.49. The van der Waals surface area contributed by atoms with E-state index < -0.39 is 0 Å². The number of hydrogen-bond donors (Lipinski definition) is 1. The van der Waals surface area contributed by atoms with Gasteiger partial charge in [0.2, 0.25) is 0 Å². The highest BCUT2D eigenvalue weighted by molar-refractivity contribution is 5.44. The lowest BCUT2D eigenvalue weighted by atomic mass is 9.57. The molecule has 4 nitrogen and oxygen atoms in total. The van der Waals surface area contributed by atoms with E-state index in [1.54, 1.807) is 0 Å². The SMILES string of the molecule is Cc1nc2c(n1-c1ccccc1)CC[C@H]1[C@H](C)C(O)=C(C#N)C[C@]21C. The molecule has 1 heterocycles. The first-order valence-electron chi connectivity index (χ1n) is 8.93. The lowest BCUT2D eigenvalue weighted by Gasteiger charge is -2.46. The smallest absolute Gasteiger partial charge is 0.110 e. The molecule has 1 N–H and O–H groups in total. The molecule has 1 aromatic carbocycles. The predicted molar refractivity (Wildman–Crippen MR) is 96.5 cm³/mol. The number of rotatable bonds is 1. The average molecular weight is 333 g/mol. The number of fused-ring (bicyclic) bond motifs is 3. The number of nitrogens with zero attached hydrogens (tertiary/aromatic N) is 3. The monoisotopic (exact) mass is 333 g/mol. The molecular formula is C21H23N3O. The van der Waals surface area contributed by atoms with Crippen molar-refractivity contribution in [1.82, 2.24) is 9.55 Å². The van der Waals surface area contributed by atoms with Crippen molar-refractivity contribution in [3.8, 4) is 11.8 Å². The van der Waals surface area contributed by atoms with E-state index in [1.807, 2.05) is 25.1 Å². The van der Waals surface area contributed by atoms with Crippen molar-refractivity contribution >= 4 is 0 Å². The minimum absolute atomic E-state index is 0.00346. The number of imidazole rings is 1. The molecule has 128 valence electrons. The van der Waals surface area contributed by atoms with Gasteiger partial charge in [-0.25, -0.2) is 4.98 Å². The summed E-state index contributed by atoms with van der Waals surface area (Å²) in [6.45, 7) is 6.31. The molecular weight excluding hydrogens is 310 g/mol. The molecule has 1 aromatic heterocycles. The molecule has 0 spiro atoms. The number of aliphatic hydroxyl groups is 1.